The van der Waals surface area contributed by atoms with Crippen LogP contribution in [0, 0.1) is 37.0 Å². The number of rotatable bonds is 14. The van der Waals surface area contributed by atoms with Crippen molar-refractivity contribution in [2.24, 2.45) is 11.8 Å². The highest BCUT2D eigenvalue weighted by molar-refractivity contribution is 5.94. The fourth-order valence-electron chi connectivity index (χ4n) is 4.51. The van der Waals surface area contributed by atoms with E-state index in [1.165, 1.54) is 6.42 Å². The molecular weight excluding hydrogens is 436 g/mol. The molecule has 0 heterocycles. The molecule has 0 aliphatic heterocycles. The summed E-state index contributed by atoms with van der Waals surface area (Å²) in [6.45, 7) is 8.29. The van der Waals surface area contributed by atoms with Gasteiger partial charge in [-0.05, 0) is 67.9 Å². The van der Waals surface area contributed by atoms with E-state index in [2.05, 4.69) is 18.3 Å². The second-order valence-electron chi connectivity index (χ2n) is 9.49. The molecule has 1 N–H and O–H groups in total. The maximum absolute atomic E-state index is 13.2. The van der Waals surface area contributed by atoms with Gasteiger partial charge in [0.2, 0.25) is 5.91 Å². The number of hydrogen-bond donors (Lipinski definition) is 1. The summed E-state index contributed by atoms with van der Waals surface area (Å²) in [6, 6.07) is 15.4. The fraction of sp³-hybridized carbons (Fsp3) is 0.500. The molecule has 2 rings (SSSR count). The van der Waals surface area contributed by atoms with Gasteiger partial charge in [0.05, 0.1) is 11.6 Å². The predicted molar refractivity (Wildman–Crippen MR) is 141 cm³/mol. The Labute approximate surface area is 210 Å². The summed E-state index contributed by atoms with van der Waals surface area (Å²) >= 11 is 0. The highest BCUT2D eigenvalue weighted by Crippen LogP contribution is 2.28. The van der Waals surface area contributed by atoms with Crippen LogP contribution < -0.4 is 5.32 Å². The molecular formula is C30H40N2O3. The van der Waals surface area contributed by atoms with Crippen LogP contribution in [0.2, 0.25) is 0 Å². The molecule has 0 saturated heterocycles. The van der Waals surface area contributed by atoms with Crippen LogP contribution in [0.15, 0.2) is 42.5 Å². The molecule has 2 unspecified atom stereocenters. The first-order valence-corrected chi connectivity index (χ1v) is 12.9. The minimum atomic E-state index is -0.205. The monoisotopic (exact) mass is 476 g/mol. The Morgan fingerprint density at radius 3 is 2.31 bits per heavy atom. The topological polar surface area (TPSA) is 79.2 Å². The van der Waals surface area contributed by atoms with Gasteiger partial charge in [-0.1, -0.05) is 69.9 Å². The number of ether oxygens (including phenoxy) is 1. The van der Waals surface area contributed by atoms with E-state index < -0.39 is 0 Å². The third kappa shape index (κ3) is 9.56. The molecule has 0 aromatic heterocycles. The quantitative estimate of drug-likeness (QED) is 0.230. The van der Waals surface area contributed by atoms with Gasteiger partial charge in [0.1, 0.15) is 6.61 Å². The van der Waals surface area contributed by atoms with E-state index in [-0.39, 0.29) is 30.3 Å². The third-order valence-corrected chi connectivity index (χ3v) is 6.56. The summed E-state index contributed by atoms with van der Waals surface area (Å²) in [5.41, 5.74) is 4.09. The molecule has 0 aliphatic rings. The van der Waals surface area contributed by atoms with Crippen LogP contribution in [0.25, 0.3) is 0 Å². The Balaban J connectivity index is 2.03. The summed E-state index contributed by atoms with van der Waals surface area (Å²) < 4.78 is 5.54. The maximum atomic E-state index is 13.2. The number of nitrogens with one attached hydrogen (secondary N) is 1. The normalized spacial score (nSPS) is 12.4. The number of carbonyl (C=O) groups is 2. The summed E-state index contributed by atoms with van der Waals surface area (Å²) in [4.78, 5) is 25.9. The van der Waals surface area contributed by atoms with Crippen molar-refractivity contribution < 1.29 is 14.3 Å². The number of carbonyl (C=O) groups excluding carboxylic acids is 2. The largest absolute Gasteiger partial charge is 0.461 e. The van der Waals surface area contributed by atoms with Crippen molar-refractivity contribution >= 4 is 17.6 Å². The predicted octanol–water partition coefficient (Wildman–Crippen LogP) is 7.25. The summed E-state index contributed by atoms with van der Waals surface area (Å²) in [5, 5.41) is 12.3. The van der Waals surface area contributed by atoms with Crippen LogP contribution in [-0.2, 0) is 20.9 Å². The number of hydrogen-bond acceptors (Lipinski definition) is 4. The number of benzene rings is 2. The molecule has 0 saturated carbocycles. The first-order chi connectivity index (χ1) is 16.9. The molecule has 2 aromatic rings. The molecule has 188 valence electrons. The van der Waals surface area contributed by atoms with Gasteiger partial charge in [-0.2, -0.15) is 5.26 Å². The van der Waals surface area contributed by atoms with E-state index in [9.17, 15) is 14.9 Å². The third-order valence-electron chi connectivity index (χ3n) is 6.56. The fourth-order valence-corrected chi connectivity index (χ4v) is 4.51. The van der Waals surface area contributed by atoms with Gasteiger partial charge < -0.3 is 10.1 Å². The Kier molecular flexibility index (Phi) is 12.0. The molecule has 5 heteroatoms. The number of anilines is 1. The van der Waals surface area contributed by atoms with E-state index in [0.29, 0.717) is 24.8 Å². The van der Waals surface area contributed by atoms with E-state index in [1.54, 1.807) is 12.1 Å². The zero-order valence-corrected chi connectivity index (χ0v) is 21.7. The SMILES string of the molecule is CCCCCCC(CC(=O)OCc1ccccc1)CC(CC)C(=O)Nc1c(C)cc(C#N)cc1C. The molecule has 0 bridgehead atoms. The number of unbranched alkanes of at least 4 members (excludes halogenated alkanes) is 3. The number of amides is 1. The lowest BCUT2D eigenvalue weighted by Crippen LogP contribution is -2.26. The van der Waals surface area contributed by atoms with Gasteiger partial charge in [-0.3, -0.25) is 9.59 Å². The van der Waals surface area contributed by atoms with Crippen LogP contribution in [0.5, 0.6) is 0 Å². The average Bonchev–Trinajstić information content (AvgIpc) is 2.86. The molecule has 5 nitrogen and oxygen atoms in total. The Hall–Kier alpha value is -3.13. The molecule has 2 aromatic carbocycles. The van der Waals surface area contributed by atoms with E-state index >= 15 is 0 Å². The Morgan fingerprint density at radius 2 is 1.71 bits per heavy atom. The molecule has 35 heavy (non-hydrogen) atoms. The minimum Gasteiger partial charge on any atom is -0.461 e. The van der Waals surface area contributed by atoms with Crippen LogP contribution >= 0.6 is 0 Å². The Morgan fingerprint density at radius 1 is 1.03 bits per heavy atom. The molecule has 0 spiro atoms. The molecule has 1 amide bonds. The van der Waals surface area contributed by atoms with Crippen molar-refractivity contribution in [2.45, 2.75) is 85.7 Å². The highest BCUT2D eigenvalue weighted by atomic mass is 16.5. The second kappa shape index (κ2) is 15.0. The minimum absolute atomic E-state index is 0.0281. The zero-order chi connectivity index (χ0) is 25.6. The average molecular weight is 477 g/mol. The first-order valence-electron chi connectivity index (χ1n) is 12.9. The van der Waals surface area contributed by atoms with Crippen LogP contribution in [0.1, 0.15) is 87.5 Å². The van der Waals surface area contributed by atoms with Crippen molar-refractivity contribution in [3.05, 3.63) is 64.7 Å². The summed E-state index contributed by atoms with van der Waals surface area (Å²) in [5.74, 6) is -0.320. The number of esters is 1. The number of aryl methyl sites for hydroxylation is 2. The van der Waals surface area contributed by atoms with Crippen molar-refractivity contribution in [1.82, 2.24) is 0 Å². The van der Waals surface area contributed by atoms with Gasteiger partial charge in [-0.25, -0.2) is 0 Å². The highest BCUT2D eigenvalue weighted by Gasteiger charge is 2.25. The number of nitriles is 1. The standard InChI is InChI=1S/C30H40N2O3/c1-5-7-8-10-15-25(19-28(33)35-21-24-13-11-9-12-14-24)18-27(6-2)30(34)32-29-22(3)16-26(20-31)17-23(29)4/h9,11-14,16-17,25,27H,5-8,10,15,18-19,21H2,1-4H3,(H,32,34). The molecule has 0 aliphatic carbocycles. The van der Waals surface area contributed by atoms with E-state index in [1.807, 2.05) is 51.1 Å². The van der Waals surface area contributed by atoms with Gasteiger partial charge in [0.25, 0.3) is 0 Å². The van der Waals surface area contributed by atoms with Crippen molar-refractivity contribution in [3.63, 3.8) is 0 Å². The Bertz CT molecular complexity index is 971. The van der Waals surface area contributed by atoms with E-state index in [0.717, 1.165) is 48.1 Å². The lowest BCUT2D eigenvalue weighted by molar-refractivity contribution is -0.146. The van der Waals surface area contributed by atoms with Gasteiger partial charge >= 0.3 is 5.97 Å². The molecule has 0 radical (unpaired) electrons. The maximum Gasteiger partial charge on any atom is 0.306 e. The van der Waals surface area contributed by atoms with Crippen LogP contribution in [0.3, 0.4) is 0 Å². The lowest BCUT2D eigenvalue weighted by Gasteiger charge is -2.23. The van der Waals surface area contributed by atoms with Gasteiger partial charge in [0.15, 0.2) is 0 Å². The summed E-state index contributed by atoms with van der Waals surface area (Å²) in [7, 11) is 0. The molecule has 2 atom stereocenters. The second-order valence-corrected chi connectivity index (χ2v) is 9.49. The number of nitrogens with zero attached hydrogens (tertiary/aromatic N) is 1. The van der Waals surface area contributed by atoms with E-state index in [4.69, 9.17) is 4.74 Å². The summed E-state index contributed by atoms with van der Waals surface area (Å²) in [6.07, 6.45) is 7.13. The van der Waals surface area contributed by atoms with Crippen molar-refractivity contribution in [3.8, 4) is 6.07 Å². The molecule has 0 fully saturated rings. The van der Waals surface area contributed by atoms with Gasteiger partial charge in [-0.15, -0.1) is 0 Å². The van der Waals surface area contributed by atoms with Crippen LogP contribution in [-0.4, -0.2) is 11.9 Å². The smallest absolute Gasteiger partial charge is 0.306 e. The zero-order valence-electron chi connectivity index (χ0n) is 21.7. The van der Waals surface area contributed by atoms with Crippen LogP contribution in [0.4, 0.5) is 5.69 Å². The van der Waals surface area contributed by atoms with Crippen molar-refractivity contribution in [2.75, 3.05) is 5.32 Å². The van der Waals surface area contributed by atoms with Gasteiger partial charge in [0, 0.05) is 18.0 Å². The van der Waals surface area contributed by atoms with Crippen molar-refractivity contribution in [1.29, 1.82) is 5.26 Å². The first kappa shape index (κ1) is 28.1. The lowest BCUT2D eigenvalue weighted by atomic mass is 9.86.